The molecule has 1 amide bonds. The van der Waals surface area contributed by atoms with Crippen LogP contribution in [0, 0.1) is 13.8 Å². The fourth-order valence-corrected chi connectivity index (χ4v) is 4.41. The Bertz CT molecular complexity index is 918. The summed E-state index contributed by atoms with van der Waals surface area (Å²) in [6.07, 6.45) is 3.02. The topological polar surface area (TPSA) is 35.9 Å². The van der Waals surface area contributed by atoms with E-state index in [-0.39, 0.29) is 11.9 Å². The van der Waals surface area contributed by atoms with E-state index >= 15 is 0 Å². The van der Waals surface area contributed by atoms with Gasteiger partial charge in [0.25, 0.3) is 5.91 Å². The van der Waals surface area contributed by atoms with Crippen LogP contribution < -0.4 is 0 Å². The van der Waals surface area contributed by atoms with E-state index in [4.69, 9.17) is 16.7 Å². The fourth-order valence-electron chi connectivity index (χ4n) is 4.16. The van der Waals surface area contributed by atoms with Crippen molar-refractivity contribution >= 4 is 23.2 Å². The van der Waals surface area contributed by atoms with E-state index in [1.165, 1.54) is 29.5 Å². The zero-order chi connectivity index (χ0) is 19.7. The number of carbonyl (C=O) groups is 1. The van der Waals surface area contributed by atoms with Crippen LogP contribution in [0.25, 0.3) is 0 Å². The van der Waals surface area contributed by atoms with Crippen molar-refractivity contribution in [2.45, 2.75) is 39.2 Å². The van der Waals surface area contributed by atoms with Gasteiger partial charge in [-0.25, -0.2) is 5.01 Å². The fraction of sp³-hybridized carbons (Fsp3) is 0.391. The van der Waals surface area contributed by atoms with Gasteiger partial charge >= 0.3 is 0 Å². The predicted molar refractivity (Wildman–Crippen MR) is 114 cm³/mol. The summed E-state index contributed by atoms with van der Waals surface area (Å²) in [5, 5.41) is 7.16. The van der Waals surface area contributed by atoms with E-state index in [1.54, 1.807) is 5.01 Å². The van der Waals surface area contributed by atoms with E-state index in [1.807, 2.05) is 24.3 Å². The molecule has 5 heteroatoms. The highest BCUT2D eigenvalue weighted by molar-refractivity contribution is 6.34. The summed E-state index contributed by atoms with van der Waals surface area (Å²) in [5.41, 5.74) is 5.34. The number of aryl methyl sites for hydroxylation is 2. The SMILES string of the molecule is Cc1ccc(C)c([C@@H]2CC(c3ccccc3Cl)=NN2C(=O)CN2CCCC2)c1. The Morgan fingerprint density at radius 3 is 2.64 bits per heavy atom. The molecule has 0 bridgehead atoms. The van der Waals surface area contributed by atoms with Crippen LogP contribution in [-0.4, -0.2) is 41.2 Å². The Kier molecular flexibility index (Phi) is 5.51. The average molecular weight is 396 g/mol. The number of hydrogen-bond acceptors (Lipinski definition) is 3. The van der Waals surface area contributed by atoms with Gasteiger partial charge < -0.3 is 0 Å². The van der Waals surface area contributed by atoms with Crippen molar-refractivity contribution < 1.29 is 4.79 Å². The van der Waals surface area contributed by atoms with E-state index in [0.717, 1.165) is 24.4 Å². The van der Waals surface area contributed by atoms with E-state index < -0.39 is 0 Å². The standard InChI is InChI=1S/C23H26ClN3O/c1-16-9-10-17(2)19(13-16)22-14-21(18-7-3-4-8-20(18)24)25-27(22)23(28)15-26-11-5-6-12-26/h3-4,7-10,13,22H,5-6,11-12,14-15H2,1-2H3/t22-/m0/s1. The molecule has 1 atom stereocenters. The van der Waals surface area contributed by atoms with Gasteiger partial charge in [-0.2, -0.15) is 5.10 Å². The first-order valence-corrected chi connectivity index (χ1v) is 10.3. The maximum absolute atomic E-state index is 13.2. The molecule has 146 valence electrons. The van der Waals surface area contributed by atoms with Gasteiger partial charge in [0.1, 0.15) is 0 Å². The third-order valence-electron chi connectivity index (χ3n) is 5.70. The maximum Gasteiger partial charge on any atom is 0.257 e. The van der Waals surface area contributed by atoms with Gasteiger partial charge in [0.05, 0.1) is 18.3 Å². The molecule has 2 aliphatic heterocycles. The lowest BCUT2D eigenvalue weighted by Crippen LogP contribution is -2.37. The summed E-state index contributed by atoms with van der Waals surface area (Å²) in [7, 11) is 0. The Balaban J connectivity index is 1.68. The molecular weight excluding hydrogens is 370 g/mol. The molecule has 28 heavy (non-hydrogen) atoms. The summed E-state index contributed by atoms with van der Waals surface area (Å²) in [4.78, 5) is 15.4. The van der Waals surface area contributed by atoms with Crippen LogP contribution in [-0.2, 0) is 4.79 Å². The molecule has 0 N–H and O–H groups in total. The van der Waals surface area contributed by atoms with Crippen molar-refractivity contribution in [2.24, 2.45) is 5.10 Å². The monoisotopic (exact) mass is 395 g/mol. The molecule has 1 fully saturated rings. The third-order valence-corrected chi connectivity index (χ3v) is 6.03. The first-order valence-electron chi connectivity index (χ1n) is 9.97. The van der Waals surface area contributed by atoms with Crippen LogP contribution in [0.15, 0.2) is 47.6 Å². The number of likely N-dealkylation sites (tertiary alicyclic amines) is 1. The molecule has 0 aromatic heterocycles. The second kappa shape index (κ2) is 8.06. The van der Waals surface area contributed by atoms with Crippen molar-refractivity contribution in [3.8, 4) is 0 Å². The van der Waals surface area contributed by atoms with Gasteiger partial charge in [-0.15, -0.1) is 0 Å². The molecule has 1 saturated heterocycles. The van der Waals surface area contributed by atoms with Gasteiger partial charge in [0, 0.05) is 17.0 Å². The lowest BCUT2D eigenvalue weighted by atomic mass is 9.94. The van der Waals surface area contributed by atoms with Crippen molar-refractivity contribution in [2.75, 3.05) is 19.6 Å². The summed E-state index contributed by atoms with van der Waals surface area (Å²) in [6.45, 7) is 6.61. The van der Waals surface area contributed by atoms with E-state index in [9.17, 15) is 4.79 Å². The number of nitrogens with zero attached hydrogens (tertiary/aromatic N) is 3. The summed E-state index contributed by atoms with van der Waals surface area (Å²) in [6, 6.07) is 14.1. The molecule has 4 nitrogen and oxygen atoms in total. The molecule has 2 heterocycles. The Labute approximate surface area is 171 Å². The molecule has 0 radical (unpaired) electrons. The molecule has 0 saturated carbocycles. The summed E-state index contributed by atoms with van der Waals surface area (Å²) >= 11 is 6.43. The summed E-state index contributed by atoms with van der Waals surface area (Å²) in [5.74, 6) is 0.0647. The number of carbonyl (C=O) groups excluding carboxylic acids is 1. The van der Waals surface area contributed by atoms with Crippen LogP contribution in [0.2, 0.25) is 5.02 Å². The molecule has 2 aromatic rings. The largest absolute Gasteiger partial charge is 0.294 e. The smallest absolute Gasteiger partial charge is 0.257 e. The van der Waals surface area contributed by atoms with Crippen LogP contribution in [0.1, 0.15) is 47.6 Å². The van der Waals surface area contributed by atoms with E-state index in [0.29, 0.717) is 18.0 Å². The molecule has 2 aliphatic rings. The highest BCUT2D eigenvalue weighted by atomic mass is 35.5. The van der Waals surface area contributed by atoms with Gasteiger partial charge in [0.2, 0.25) is 0 Å². The number of hydrazone groups is 1. The number of halogens is 1. The Hall–Kier alpha value is -2.17. The zero-order valence-corrected chi connectivity index (χ0v) is 17.2. The van der Waals surface area contributed by atoms with Crippen LogP contribution in [0.5, 0.6) is 0 Å². The van der Waals surface area contributed by atoms with Crippen molar-refractivity contribution in [1.82, 2.24) is 9.91 Å². The van der Waals surface area contributed by atoms with Crippen LogP contribution in [0.4, 0.5) is 0 Å². The van der Waals surface area contributed by atoms with Gasteiger partial charge in [-0.3, -0.25) is 9.69 Å². The van der Waals surface area contributed by atoms with Gasteiger partial charge in [0.15, 0.2) is 0 Å². The van der Waals surface area contributed by atoms with Crippen LogP contribution >= 0.6 is 11.6 Å². The summed E-state index contributed by atoms with van der Waals surface area (Å²) < 4.78 is 0. The minimum atomic E-state index is -0.0822. The van der Waals surface area contributed by atoms with Crippen LogP contribution in [0.3, 0.4) is 0 Å². The van der Waals surface area contributed by atoms with Crippen molar-refractivity contribution in [3.63, 3.8) is 0 Å². The number of rotatable bonds is 4. The Morgan fingerprint density at radius 2 is 1.89 bits per heavy atom. The first kappa shape index (κ1) is 19.2. The zero-order valence-electron chi connectivity index (χ0n) is 16.5. The lowest BCUT2D eigenvalue weighted by Gasteiger charge is -2.25. The first-order chi connectivity index (χ1) is 13.5. The minimum absolute atomic E-state index is 0.0647. The molecule has 4 rings (SSSR count). The van der Waals surface area contributed by atoms with Gasteiger partial charge in [-0.05, 0) is 57.0 Å². The minimum Gasteiger partial charge on any atom is -0.294 e. The molecule has 0 spiro atoms. The Morgan fingerprint density at radius 1 is 1.14 bits per heavy atom. The normalized spacial score (nSPS) is 19.9. The number of amides is 1. The second-order valence-corrected chi connectivity index (χ2v) is 8.24. The maximum atomic E-state index is 13.2. The molecular formula is C23H26ClN3O. The quantitative estimate of drug-likeness (QED) is 0.750. The number of hydrogen-bond donors (Lipinski definition) is 0. The lowest BCUT2D eigenvalue weighted by molar-refractivity contribution is -0.134. The highest BCUT2D eigenvalue weighted by Gasteiger charge is 2.35. The molecule has 0 aliphatic carbocycles. The van der Waals surface area contributed by atoms with Gasteiger partial charge in [-0.1, -0.05) is 53.6 Å². The second-order valence-electron chi connectivity index (χ2n) is 7.83. The number of benzene rings is 2. The predicted octanol–water partition coefficient (Wildman–Crippen LogP) is 4.73. The third kappa shape index (κ3) is 3.85. The molecule has 2 aromatic carbocycles. The highest BCUT2D eigenvalue weighted by Crippen LogP contribution is 2.36. The molecule has 0 unspecified atom stereocenters. The average Bonchev–Trinajstić information content (AvgIpc) is 3.34. The van der Waals surface area contributed by atoms with Crippen molar-refractivity contribution in [3.05, 3.63) is 69.7 Å². The van der Waals surface area contributed by atoms with Crippen molar-refractivity contribution in [1.29, 1.82) is 0 Å². The van der Waals surface area contributed by atoms with E-state index in [2.05, 4.69) is 36.9 Å².